The standard InChI is InChI=1S/C52H42N4/c1-33(2)37-29-44(35-15-7-5-8-16-35)53-46(31-37)47-32-38(34(3)4)30-45(54-47)36-23-25-40(26-24-36)55-49-22-14-12-20-43(49)51-50(55)28-27-42-41-19-11-13-21-48(41)56(52(42)51)39-17-9-6-10-18-39/h5-34H,1-4H3. The highest BCUT2D eigenvalue weighted by Crippen LogP contribution is 2.42. The van der Waals surface area contributed by atoms with Gasteiger partial charge in [-0.25, -0.2) is 9.97 Å². The monoisotopic (exact) mass is 722 g/mol. The van der Waals surface area contributed by atoms with E-state index in [0.29, 0.717) is 11.8 Å². The third-order valence-electron chi connectivity index (χ3n) is 11.3. The Morgan fingerprint density at radius 2 is 0.857 bits per heavy atom. The van der Waals surface area contributed by atoms with Gasteiger partial charge in [-0.2, -0.15) is 0 Å². The molecule has 6 aromatic carbocycles. The molecule has 0 spiro atoms. The Bertz CT molecular complexity index is 3060. The fourth-order valence-electron chi connectivity index (χ4n) is 8.35. The summed E-state index contributed by atoms with van der Waals surface area (Å²) in [6, 6.07) is 61.2. The van der Waals surface area contributed by atoms with Crippen molar-refractivity contribution in [1.82, 2.24) is 19.1 Å². The summed E-state index contributed by atoms with van der Waals surface area (Å²) in [5, 5.41) is 5.00. The Labute approximate surface area is 327 Å². The molecular weight excluding hydrogens is 681 g/mol. The van der Waals surface area contributed by atoms with Gasteiger partial charge in [0.2, 0.25) is 0 Å². The van der Waals surface area contributed by atoms with Gasteiger partial charge in [-0.15, -0.1) is 0 Å². The van der Waals surface area contributed by atoms with Gasteiger partial charge in [0.1, 0.15) is 0 Å². The van der Waals surface area contributed by atoms with Gasteiger partial charge in [0.15, 0.2) is 0 Å². The highest BCUT2D eigenvalue weighted by atomic mass is 15.0. The number of aromatic nitrogens is 4. The van der Waals surface area contributed by atoms with Crippen LogP contribution < -0.4 is 0 Å². The molecule has 10 rings (SSSR count). The number of pyridine rings is 2. The summed E-state index contributed by atoms with van der Waals surface area (Å²) in [5.41, 5.74) is 15.5. The van der Waals surface area contributed by atoms with Crippen LogP contribution in [0.25, 0.3) is 88.9 Å². The molecule has 270 valence electrons. The van der Waals surface area contributed by atoms with E-state index in [1.165, 1.54) is 54.7 Å². The number of para-hydroxylation sites is 3. The first kappa shape index (κ1) is 33.8. The lowest BCUT2D eigenvalue weighted by atomic mass is 9.97. The van der Waals surface area contributed by atoms with Crippen LogP contribution in [0.3, 0.4) is 0 Å². The third-order valence-corrected chi connectivity index (χ3v) is 11.3. The molecule has 0 unspecified atom stereocenters. The summed E-state index contributed by atoms with van der Waals surface area (Å²) in [4.78, 5) is 10.5. The summed E-state index contributed by atoms with van der Waals surface area (Å²) in [6.45, 7) is 8.97. The molecule has 56 heavy (non-hydrogen) atoms. The van der Waals surface area contributed by atoms with E-state index in [4.69, 9.17) is 9.97 Å². The molecule has 0 amide bonds. The maximum Gasteiger partial charge on any atom is 0.0896 e. The third kappa shape index (κ3) is 5.60. The molecule has 10 aromatic rings. The van der Waals surface area contributed by atoms with Crippen molar-refractivity contribution >= 4 is 43.6 Å². The van der Waals surface area contributed by atoms with E-state index in [1.807, 2.05) is 6.07 Å². The summed E-state index contributed by atoms with van der Waals surface area (Å²) >= 11 is 0. The summed E-state index contributed by atoms with van der Waals surface area (Å²) in [5.74, 6) is 0.690. The van der Waals surface area contributed by atoms with E-state index in [-0.39, 0.29) is 0 Å². The number of hydrogen-bond donors (Lipinski definition) is 0. The molecule has 0 radical (unpaired) electrons. The van der Waals surface area contributed by atoms with E-state index < -0.39 is 0 Å². The zero-order valence-electron chi connectivity index (χ0n) is 32.1. The molecule has 0 aliphatic carbocycles. The summed E-state index contributed by atoms with van der Waals surface area (Å²) < 4.78 is 4.85. The minimum atomic E-state index is 0.331. The second-order valence-electron chi connectivity index (χ2n) is 15.5. The van der Waals surface area contributed by atoms with Crippen LogP contribution in [0.15, 0.2) is 170 Å². The summed E-state index contributed by atoms with van der Waals surface area (Å²) in [7, 11) is 0. The van der Waals surface area contributed by atoms with Gasteiger partial charge in [-0.05, 0) is 89.7 Å². The van der Waals surface area contributed by atoms with Crippen LogP contribution in [0.1, 0.15) is 50.7 Å². The Hall–Kier alpha value is -6.78. The lowest BCUT2D eigenvalue weighted by Gasteiger charge is -2.15. The number of hydrogen-bond acceptors (Lipinski definition) is 2. The highest BCUT2D eigenvalue weighted by molar-refractivity contribution is 6.26. The van der Waals surface area contributed by atoms with Crippen LogP contribution in [0, 0.1) is 0 Å². The number of nitrogens with zero attached hydrogens (tertiary/aromatic N) is 4. The predicted octanol–water partition coefficient (Wildman–Crippen LogP) is 13.9. The van der Waals surface area contributed by atoms with Crippen LogP contribution in [0.5, 0.6) is 0 Å². The Balaban J connectivity index is 1.13. The highest BCUT2D eigenvalue weighted by Gasteiger charge is 2.21. The predicted molar refractivity (Wildman–Crippen MR) is 235 cm³/mol. The van der Waals surface area contributed by atoms with Gasteiger partial charge >= 0.3 is 0 Å². The fourth-order valence-corrected chi connectivity index (χ4v) is 8.35. The fraction of sp³-hybridized carbons (Fsp3) is 0.115. The van der Waals surface area contributed by atoms with Gasteiger partial charge in [-0.3, -0.25) is 0 Å². The van der Waals surface area contributed by atoms with Gasteiger partial charge in [0.25, 0.3) is 0 Å². The zero-order valence-corrected chi connectivity index (χ0v) is 32.1. The summed E-state index contributed by atoms with van der Waals surface area (Å²) in [6.07, 6.45) is 0. The number of rotatable bonds is 7. The second-order valence-corrected chi connectivity index (χ2v) is 15.5. The van der Waals surface area contributed by atoms with Crippen molar-refractivity contribution in [3.63, 3.8) is 0 Å². The smallest absolute Gasteiger partial charge is 0.0896 e. The molecule has 4 heteroatoms. The first-order chi connectivity index (χ1) is 27.4. The molecule has 0 bridgehead atoms. The zero-order chi connectivity index (χ0) is 37.9. The lowest BCUT2D eigenvalue weighted by Crippen LogP contribution is -1.99. The maximum absolute atomic E-state index is 5.31. The van der Waals surface area contributed by atoms with Crippen LogP contribution in [-0.2, 0) is 0 Å². The molecule has 0 aliphatic heterocycles. The van der Waals surface area contributed by atoms with E-state index in [9.17, 15) is 0 Å². The van der Waals surface area contributed by atoms with E-state index in [0.717, 1.165) is 45.3 Å². The Kier molecular flexibility index (Phi) is 8.14. The van der Waals surface area contributed by atoms with Crippen LogP contribution in [0.2, 0.25) is 0 Å². The van der Waals surface area contributed by atoms with Crippen molar-refractivity contribution in [2.45, 2.75) is 39.5 Å². The van der Waals surface area contributed by atoms with Gasteiger partial charge in [0.05, 0.1) is 44.8 Å². The molecule has 4 nitrogen and oxygen atoms in total. The van der Waals surface area contributed by atoms with Crippen LogP contribution in [0.4, 0.5) is 0 Å². The molecule has 0 N–H and O–H groups in total. The topological polar surface area (TPSA) is 35.6 Å². The molecule has 0 fully saturated rings. The van der Waals surface area contributed by atoms with Crippen molar-refractivity contribution in [3.8, 4) is 45.3 Å². The largest absolute Gasteiger partial charge is 0.309 e. The van der Waals surface area contributed by atoms with Crippen LogP contribution >= 0.6 is 0 Å². The van der Waals surface area contributed by atoms with Gasteiger partial charge in [-0.1, -0.05) is 131 Å². The van der Waals surface area contributed by atoms with Crippen molar-refractivity contribution < 1.29 is 0 Å². The molecule has 0 saturated heterocycles. The van der Waals surface area contributed by atoms with Crippen LogP contribution in [-0.4, -0.2) is 19.1 Å². The maximum atomic E-state index is 5.31. The van der Waals surface area contributed by atoms with Gasteiger partial charge < -0.3 is 9.13 Å². The number of benzene rings is 6. The van der Waals surface area contributed by atoms with Crippen molar-refractivity contribution in [2.24, 2.45) is 0 Å². The second kappa shape index (κ2) is 13.5. The van der Waals surface area contributed by atoms with E-state index >= 15 is 0 Å². The first-order valence-electron chi connectivity index (χ1n) is 19.6. The van der Waals surface area contributed by atoms with E-state index in [2.05, 4.69) is 201 Å². The molecular formula is C52H42N4. The minimum Gasteiger partial charge on any atom is -0.309 e. The molecule has 4 aromatic heterocycles. The first-order valence-corrected chi connectivity index (χ1v) is 19.6. The molecule has 0 saturated carbocycles. The minimum absolute atomic E-state index is 0.331. The van der Waals surface area contributed by atoms with Crippen molar-refractivity contribution in [1.29, 1.82) is 0 Å². The quantitative estimate of drug-likeness (QED) is 0.164. The number of fused-ring (bicyclic) bond motifs is 7. The molecule has 0 atom stereocenters. The molecule has 0 aliphatic rings. The lowest BCUT2D eigenvalue weighted by molar-refractivity contribution is 0.860. The molecule has 4 heterocycles. The van der Waals surface area contributed by atoms with E-state index in [1.54, 1.807) is 0 Å². The van der Waals surface area contributed by atoms with Crippen molar-refractivity contribution in [2.75, 3.05) is 0 Å². The average Bonchev–Trinajstić information content (AvgIpc) is 3.77. The normalized spacial score (nSPS) is 11.9. The average molecular weight is 723 g/mol. The Morgan fingerprint density at radius 3 is 1.46 bits per heavy atom. The SMILES string of the molecule is CC(C)c1cc(-c2ccccc2)nc(-c2cc(C(C)C)cc(-c3ccc(-n4c5ccccc5c5c4ccc4c6ccccc6n(-c6ccccc6)c45)cc3)n2)c1. The Morgan fingerprint density at radius 1 is 0.375 bits per heavy atom. The van der Waals surface area contributed by atoms with Gasteiger partial charge in [0, 0.05) is 44.0 Å². The van der Waals surface area contributed by atoms with Crippen molar-refractivity contribution in [3.05, 3.63) is 181 Å².